The second kappa shape index (κ2) is 8.46. The van der Waals surface area contributed by atoms with Gasteiger partial charge in [-0.15, -0.1) is 0 Å². The molecular formula is C25H17F3O5. The molecule has 4 aromatic rings. The minimum Gasteiger partial charge on any atom is -0.497 e. The lowest BCUT2D eigenvalue weighted by molar-refractivity contribution is -0.152. The fourth-order valence-corrected chi connectivity index (χ4v) is 3.31. The van der Waals surface area contributed by atoms with Gasteiger partial charge in [0.2, 0.25) is 11.2 Å². The van der Waals surface area contributed by atoms with Crippen molar-refractivity contribution in [1.82, 2.24) is 0 Å². The normalized spacial score (nSPS) is 11.4. The van der Waals surface area contributed by atoms with E-state index in [0.29, 0.717) is 5.75 Å². The summed E-state index contributed by atoms with van der Waals surface area (Å²) >= 11 is 0. The second-order valence-electron chi connectivity index (χ2n) is 7.28. The number of benzene rings is 3. The molecule has 0 atom stereocenters. The van der Waals surface area contributed by atoms with Crippen molar-refractivity contribution in [3.63, 3.8) is 0 Å². The van der Waals surface area contributed by atoms with Gasteiger partial charge in [-0.25, -0.2) is 4.79 Å². The fourth-order valence-electron chi connectivity index (χ4n) is 3.31. The van der Waals surface area contributed by atoms with Crippen LogP contribution in [0.5, 0.6) is 11.5 Å². The number of esters is 1. The number of fused-ring (bicyclic) bond motifs is 1. The zero-order valence-electron chi connectivity index (χ0n) is 17.5. The summed E-state index contributed by atoms with van der Waals surface area (Å²) in [6, 6.07) is 15.9. The van der Waals surface area contributed by atoms with Gasteiger partial charge in [0, 0.05) is 6.07 Å². The van der Waals surface area contributed by atoms with E-state index in [1.54, 1.807) is 24.3 Å². The number of methoxy groups -OCH3 is 1. The van der Waals surface area contributed by atoms with Crippen LogP contribution in [0.1, 0.15) is 21.7 Å². The molecule has 3 aromatic carbocycles. The van der Waals surface area contributed by atoms with Gasteiger partial charge in [0.15, 0.2) is 0 Å². The van der Waals surface area contributed by atoms with Gasteiger partial charge >= 0.3 is 12.1 Å². The Balaban J connectivity index is 1.80. The predicted molar refractivity (Wildman–Crippen MR) is 116 cm³/mol. The van der Waals surface area contributed by atoms with Crippen LogP contribution in [-0.4, -0.2) is 13.1 Å². The number of ether oxygens (including phenoxy) is 2. The largest absolute Gasteiger partial charge is 0.497 e. The van der Waals surface area contributed by atoms with Gasteiger partial charge in [-0.1, -0.05) is 29.8 Å². The van der Waals surface area contributed by atoms with Crippen molar-refractivity contribution in [3.05, 3.63) is 93.8 Å². The molecule has 0 amide bonds. The van der Waals surface area contributed by atoms with E-state index in [1.807, 2.05) is 6.92 Å². The number of alkyl halides is 3. The molecule has 8 heteroatoms. The minimum atomic E-state index is -4.93. The molecule has 1 heterocycles. The molecule has 0 unspecified atom stereocenters. The van der Waals surface area contributed by atoms with Gasteiger partial charge in [0.1, 0.15) is 17.1 Å². The highest BCUT2D eigenvalue weighted by atomic mass is 19.4. The molecule has 0 N–H and O–H groups in total. The lowest BCUT2D eigenvalue weighted by atomic mass is 10.0. The topological polar surface area (TPSA) is 65.7 Å². The van der Waals surface area contributed by atoms with Crippen LogP contribution in [0, 0.1) is 6.92 Å². The van der Waals surface area contributed by atoms with Crippen molar-refractivity contribution in [2.24, 2.45) is 0 Å². The lowest BCUT2D eigenvalue weighted by Crippen LogP contribution is -2.16. The molecule has 0 saturated heterocycles. The Bertz CT molecular complexity index is 1390. The maximum absolute atomic E-state index is 13.8. The van der Waals surface area contributed by atoms with E-state index < -0.39 is 28.9 Å². The van der Waals surface area contributed by atoms with Crippen molar-refractivity contribution in [2.75, 3.05) is 7.11 Å². The van der Waals surface area contributed by atoms with Gasteiger partial charge in [0.25, 0.3) is 0 Å². The number of rotatable bonds is 4. The van der Waals surface area contributed by atoms with Crippen molar-refractivity contribution in [2.45, 2.75) is 13.1 Å². The van der Waals surface area contributed by atoms with Crippen LogP contribution in [0.2, 0.25) is 0 Å². The molecule has 0 saturated carbocycles. The third kappa shape index (κ3) is 4.45. The van der Waals surface area contributed by atoms with Gasteiger partial charge in [-0.05, 0) is 48.9 Å². The maximum atomic E-state index is 13.8. The van der Waals surface area contributed by atoms with Crippen molar-refractivity contribution in [1.29, 1.82) is 0 Å². The Morgan fingerprint density at radius 3 is 2.15 bits per heavy atom. The molecule has 168 valence electrons. The minimum absolute atomic E-state index is 0.0358. The summed E-state index contributed by atoms with van der Waals surface area (Å²) in [5, 5.41) is -0.0797. The van der Waals surface area contributed by atoms with E-state index in [2.05, 4.69) is 0 Å². The Labute approximate surface area is 186 Å². The first kappa shape index (κ1) is 22.1. The first-order chi connectivity index (χ1) is 15.7. The maximum Gasteiger partial charge on any atom is 0.450 e. The van der Waals surface area contributed by atoms with Crippen LogP contribution in [-0.2, 0) is 6.18 Å². The van der Waals surface area contributed by atoms with Gasteiger partial charge in [-0.3, -0.25) is 4.79 Å². The molecule has 33 heavy (non-hydrogen) atoms. The first-order valence-electron chi connectivity index (χ1n) is 9.78. The summed E-state index contributed by atoms with van der Waals surface area (Å²) in [7, 11) is 1.42. The molecule has 1 aromatic heterocycles. The van der Waals surface area contributed by atoms with Gasteiger partial charge < -0.3 is 13.9 Å². The number of carbonyl (C=O) groups is 1. The summed E-state index contributed by atoms with van der Waals surface area (Å²) in [5.74, 6) is -1.76. The van der Waals surface area contributed by atoms with E-state index in [-0.39, 0.29) is 27.8 Å². The monoisotopic (exact) mass is 454 g/mol. The van der Waals surface area contributed by atoms with Crippen molar-refractivity contribution in [3.8, 4) is 22.6 Å². The molecule has 0 aliphatic rings. The average molecular weight is 454 g/mol. The summed E-state index contributed by atoms with van der Waals surface area (Å²) < 4.78 is 56.9. The van der Waals surface area contributed by atoms with Crippen LogP contribution >= 0.6 is 0 Å². The lowest BCUT2D eigenvalue weighted by Gasteiger charge is -2.13. The Hall–Kier alpha value is -4.07. The highest BCUT2D eigenvalue weighted by Gasteiger charge is 2.39. The Morgan fingerprint density at radius 2 is 1.55 bits per heavy atom. The van der Waals surface area contributed by atoms with Crippen molar-refractivity contribution >= 4 is 16.9 Å². The smallest absolute Gasteiger partial charge is 0.450 e. The third-order valence-corrected chi connectivity index (χ3v) is 5.00. The molecule has 0 bridgehead atoms. The number of hydrogen-bond donors (Lipinski definition) is 0. The van der Waals surface area contributed by atoms with Crippen LogP contribution in [0.4, 0.5) is 13.2 Å². The van der Waals surface area contributed by atoms with E-state index in [0.717, 1.165) is 11.6 Å². The number of carbonyl (C=O) groups excluding carboxylic acids is 1. The van der Waals surface area contributed by atoms with Crippen molar-refractivity contribution < 1.29 is 31.9 Å². The SMILES string of the molecule is COc1ccc(-c2c(C(F)(F)F)oc3cc(OC(=O)c4ccc(C)cc4)ccc3c2=O)cc1. The van der Waals surface area contributed by atoms with E-state index >= 15 is 0 Å². The van der Waals surface area contributed by atoms with Crippen LogP contribution in [0.25, 0.3) is 22.1 Å². The molecule has 0 fully saturated rings. The Kier molecular flexibility index (Phi) is 5.68. The summed E-state index contributed by atoms with van der Waals surface area (Å²) in [5.41, 5.74) is -0.556. The average Bonchev–Trinajstić information content (AvgIpc) is 2.79. The standard InChI is InChI=1S/C25H17F3O5/c1-14-3-5-16(6-4-14)24(30)32-18-11-12-19-20(13-18)33-23(25(26,27)28)21(22(19)29)15-7-9-17(31-2)10-8-15/h3-13H,1-2H3. The first-order valence-corrected chi connectivity index (χ1v) is 9.78. The number of hydrogen-bond acceptors (Lipinski definition) is 5. The molecular weight excluding hydrogens is 437 g/mol. The number of aryl methyl sites for hydroxylation is 1. The number of halogens is 3. The molecule has 0 aliphatic carbocycles. The van der Waals surface area contributed by atoms with E-state index in [1.165, 1.54) is 43.5 Å². The summed E-state index contributed by atoms with van der Waals surface area (Å²) in [6.45, 7) is 1.86. The molecule has 0 spiro atoms. The van der Waals surface area contributed by atoms with Crippen LogP contribution in [0.3, 0.4) is 0 Å². The third-order valence-electron chi connectivity index (χ3n) is 5.00. The van der Waals surface area contributed by atoms with E-state index in [4.69, 9.17) is 13.9 Å². The fraction of sp³-hybridized carbons (Fsp3) is 0.120. The molecule has 4 rings (SSSR count). The molecule has 0 radical (unpaired) electrons. The zero-order valence-corrected chi connectivity index (χ0v) is 17.5. The highest BCUT2D eigenvalue weighted by Crippen LogP contribution is 2.38. The van der Waals surface area contributed by atoms with Gasteiger partial charge in [-0.2, -0.15) is 13.2 Å². The molecule has 5 nitrogen and oxygen atoms in total. The Morgan fingerprint density at radius 1 is 0.909 bits per heavy atom. The van der Waals surface area contributed by atoms with Crippen LogP contribution < -0.4 is 14.9 Å². The summed E-state index contributed by atoms with van der Waals surface area (Å²) in [6.07, 6.45) is -4.93. The summed E-state index contributed by atoms with van der Waals surface area (Å²) in [4.78, 5) is 25.4. The van der Waals surface area contributed by atoms with Crippen LogP contribution in [0.15, 0.2) is 75.9 Å². The molecule has 0 aliphatic heterocycles. The highest BCUT2D eigenvalue weighted by molar-refractivity contribution is 5.92. The zero-order chi connectivity index (χ0) is 23.8. The van der Waals surface area contributed by atoms with E-state index in [9.17, 15) is 22.8 Å². The predicted octanol–water partition coefficient (Wildman–Crippen LogP) is 6.02. The second-order valence-corrected chi connectivity index (χ2v) is 7.28. The quantitative estimate of drug-likeness (QED) is 0.279. The van der Waals surface area contributed by atoms with Gasteiger partial charge in [0.05, 0.1) is 23.6 Å².